The molecule has 21 nitrogen and oxygen atoms in total. The molecule has 2 fully saturated rings. The first-order valence-electron chi connectivity index (χ1n) is 30.2. The molecule has 460 valence electrons. The number of unbranched alkanes of at least 4 members (excludes halogenated alkanes) is 10. The molecule has 0 radical (unpaired) electrons. The number of ether oxygens (including phenoxy) is 4. The molecule has 3 aromatic carbocycles. The molecule has 84 heavy (non-hydrogen) atoms. The van der Waals surface area contributed by atoms with Crippen molar-refractivity contribution in [3.8, 4) is 0 Å². The standard InChI is InChI=1S/C63H91N9O12/c1-5-6-7-8-9-10-11-12-13-24-39-64-54(73)52-37-27-42-71(52)56(75)50(35-23-25-40-66-59(77)81-44-47-29-17-14-18-30-47)67-55(74)53-38-28-43-72(53)57(76)51(68-62(80)84-63(2,3)4)36-26-41-65-58(69-60(78)82-45-48-31-19-15-20-32-48)70-61(79)83-46-49-33-21-16-22-34-49/h14-22,29-34,50-53H,5-13,23-28,35-46H2,1-4H3,(H,64,73)(H,66,77)(H,67,74)(H,68,80)(H2,65,69,70,78,79)/t50-,51-,52-,53-/m0/s1. The average Bonchev–Trinajstić information content (AvgIpc) is 4.18. The number of rotatable bonds is 32. The smallest absolute Gasteiger partial charge is 0.414 e. The first kappa shape index (κ1) is 67.1. The van der Waals surface area contributed by atoms with Crippen molar-refractivity contribution < 1.29 is 57.3 Å². The quantitative estimate of drug-likeness (QED) is 0.0148. The monoisotopic (exact) mass is 1170 g/mol. The van der Waals surface area contributed by atoms with Gasteiger partial charge in [0.15, 0.2) is 0 Å². The van der Waals surface area contributed by atoms with Gasteiger partial charge < -0.3 is 50.0 Å². The van der Waals surface area contributed by atoms with E-state index in [9.17, 15) is 38.4 Å². The lowest BCUT2D eigenvalue weighted by molar-refractivity contribution is -0.144. The number of carbonyl (C=O) groups excluding carboxylic acids is 8. The van der Waals surface area contributed by atoms with Crippen molar-refractivity contribution in [3.05, 3.63) is 108 Å². The second-order valence-electron chi connectivity index (χ2n) is 22.3. The number of nitrogens with zero attached hydrogens (tertiary/aromatic N) is 3. The highest BCUT2D eigenvalue weighted by Crippen LogP contribution is 2.24. The predicted molar refractivity (Wildman–Crippen MR) is 319 cm³/mol. The molecule has 21 heteroatoms. The van der Waals surface area contributed by atoms with Gasteiger partial charge in [0.1, 0.15) is 49.6 Å². The fourth-order valence-electron chi connectivity index (χ4n) is 9.93. The van der Waals surface area contributed by atoms with Crippen LogP contribution in [0.2, 0.25) is 0 Å². The van der Waals surface area contributed by atoms with Crippen molar-refractivity contribution >= 4 is 54.0 Å². The molecule has 3 aromatic rings. The minimum atomic E-state index is -1.21. The summed E-state index contributed by atoms with van der Waals surface area (Å²) in [6.07, 6.45) is 11.4. The fraction of sp³-hybridized carbons (Fsp3) is 0.571. The van der Waals surface area contributed by atoms with Gasteiger partial charge in [0.05, 0.1) is 0 Å². The van der Waals surface area contributed by atoms with Gasteiger partial charge in [0.2, 0.25) is 29.6 Å². The van der Waals surface area contributed by atoms with E-state index in [2.05, 4.69) is 43.8 Å². The van der Waals surface area contributed by atoms with Crippen molar-refractivity contribution in [1.82, 2.24) is 41.7 Å². The van der Waals surface area contributed by atoms with Crippen molar-refractivity contribution in [1.29, 1.82) is 0 Å². The van der Waals surface area contributed by atoms with Crippen LogP contribution < -0.4 is 31.9 Å². The van der Waals surface area contributed by atoms with E-state index in [-0.39, 0.29) is 77.0 Å². The molecule has 0 spiro atoms. The second-order valence-corrected chi connectivity index (χ2v) is 22.3. The Morgan fingerprint density at radius 1 is 0.512 bits per heavy atom. The van der Waals surface area contributed by atoms with Gasteiger partial charge in [0, 0.05) is 32.7 Å². The van der Waals surface area contributed by atoms with E-state index in [1.807, 2.05) is 42.5 Å². The Bertz CT molecular complexity index is 2470. The normalized spacial score (nSPS) is 15.4. The van der Waals surface area contributed by atoms with Crippen LogP contribution in [0.15, 0.2) is 96.0 Å². The van der Waals surface area contributed by atoms with Crippen LogP contribution >= 0.6 is 0 Å². The second kappa shape index (κ2) is 37.5. The molecular formula is C63H91N9O12. The molecule has 0 saturated carbocycles. The maximum Gasteiger partial charge on any atom is 0.414 e. The zero-order valence-electron chi connectivity index (χ0n) is 49.8. The Hall–Kier alpha value is -7.71. The maximum absolute atomic E-state index is 14.7. The third-order valence-corrected chi connectivity index (χ3v) is 14.3. The Morgan fingerprint density at radius 2 is 0.940 bits per heavy atom. The minimum Gasteiger partial charge on any atom is -0.445 e. The van der Waals surface area contributed by atoms with E-state index >= 15 is 0 Å². The fourth-order valence-corrected chi connectivity index (χ4v) is 9.93. The molecule has 5 rings (SSSR count). The van der Waals surface area contributed by atoms with Crippen LogP contribution in [0.4, 0.5) is 19.2 Å². The highest BCUT2D eigenvalue weighted by molar-refractivity contribution is 6.01. The van der Waals surface area contributed by atoms with Crippen LogP contribution in [0.1, 0.15) is 166 Å². The zero-order chi connectivity index (χ0) is 60.4. The van der Waals surface area contributed by atoms with E-state index in [0.29, 0.717) is 45.2 Å². The number of guanidine groups is 1. The molecule has 0 aromatic heterocycles. The number of alkyl carbamates (subject to hydrolysis) is 4. The molecular weight excluding hydrogens is 1070 g/mol. The molecule has 2 heterocycles. The number of hydrogen-bond acceptors (Lipinski definition) is 13. The topological polar surface area (TPSA) is 264 Å². The summed E-state index contributed by atoms with van der Waals surface area (Å²) >= 11 is 0. The molecule has 4 atom stereocenters. The summed E-state index contributed by atoms with van der Waals surface area (Å²) in [6, 6.07) is 23.3. The number of nitrogens with one attached hydrogen (secondary N) is 6. The van der Waals surface area contributed by atoms with Gasteiger partial charge in [-0.2, -0.15) is 0 Å². The molecule has 2 saturated heterocycles. The summed E-state index contributed by atoms with van der Waals surface area (Å²) in [5, 5.41) is 16.4. The number of carbonyl (C=O) groups is 8. The summed E-state index contributed by atoms with van der Waals surface area (Å²) in [6.45, 7) is 8.43. The lowest BCUT2D eigenvalue weighted by Gasteiger charge is -2.32. The minimum absolute atomic E-state index is 0.0108. The Balaban J connectivity index is 1.24. The van der Waals surface area contributed by atoms with Crippen molar-refractivity contribution in [2.75, 3.05) is 32.7 Å². The molecule has 0 aliphatic carbocycles. The van der Waals surface area contributed by atoms with Crippen LogP contribution in [-0.4, -0.2) is 126 Å². The Kier molecular flexibility index (Phi) is 29.9. The van der Waals surface area contributed by atoms with Crippen LogP contribution in [0, 0.1) is 0 Å². The summed E-state index contributed by atoms with van der Waals surface area (Å²) in [4.78, 5) is 117. The molecule has 2 aliphatic heterocycles. The average molecular weight is 1170 g/mol. The number of hydrogen-bond donors (Lipinski definition) is 6. The first-order chi connectivity index (χ1) is 40.6. The van der Waals surface area contributed by atoms with Gasteiger partial charge in [0.25, 0.3) is 0 Å². The summed E-state index contributed by atoms with van der Waals surface area (Å²) in [5.41, 5.74) is 1.38. The lowest BCUT2D eigenvalue weighted by Crippen LogP contribution is -2.58. The van der Waals surface area contributed by atoms with E-state index in [1.54, 1.807) is 74.2 Å². The molecule has 2 aliphatic rings. The van der Waals surface area contributed by atoms with E-state index in [0.717, 1.165) is 36.0 Å². The molecule has 6 N–H and O–H groups in total. The number of likely N-dealkylation sites (tertiary alicyclic amines) is 2. The van der Waals surface area contributed by atoms with Gasteiger partial charge in [-0.3, -0.25) is 34.8 Å². The Morgan fingerprint density at radius 3 is 1.44 bits per heavy atom. The van der Waals surface area contributed by atoms with Crippen LogP contribution in [0.5, 0.6) is 0 Å². The van der Waals surface area contributed by atoms with E-state index in [4.69, 9.17) is 18.9 Å². The molecule has 8 amide bonds. The maximum atomic E-state index is 14.7. The van der Waals surface area contributed by atoms with Crippen molar-refractivity contribution in [2.24, 2.45) is 4.99 Å². The SMILES string of the molecule is CCCCCCCCCCCCNC(=O)[C@@H]1CCCN1C(=O)[C@H](CCCCNC(=O)OCc1ccccc1)NC(=O)[C@@H]1CCCN1C(=O)[C@H](CCCN=C(NC(=O)OCc1ccccc1)NC(=O)OCc1ccccc1)NC(=O)OC(C)(C)C. The Labute approximate surface area is 495 Å². The lowest BCUT2D eigenvalue weighted by atomic mass is 10.0. The summed E-state index contributed by atoms with van der Waals surface area (Å²) in [7, 11) is 0. The van der Waals surface area contributed by atoms with E-state index in [1.165, 1.54) is 49.8 Å². The zero-order valence-corrected chi connectivity index (χ0v) is 49.8. The van der Waals surface area contributed by atoms with Crippen LogP contribution in [-0.2, 0) is 57.9 Å². The first-order valence-corrected chi connectivity index (χ1v) is 30.2. The highest BCUT2D eigenvalue weighted by Gasteiger charge is 2.42. The number of amides is 8. The van der Waals surface area contributed by atoms with Crippen molar-refractivity contribution in [3.63, 3.8) is 0 Å². The number of benzene rings is 3. The van der Waals surface area contributed by atoms with Gasteiger partial charge in [-0.1, -0.05) is 156 Å². The molecule has 0 bridgehead atoms. The third kappa shape index (κ3) is 25.8. The summed E-state index contributed by atoms with van der Waals surface area (Å²) < 4.78 is 21.6. The molecule has 0 unspecified atom stereocenters. The highest BCUT2D eigenvalue weighted by atomic mass is 16.6. The summed E-state index contributed by atoms with van der Waals surface area (Å²) in [5.74, 6) is -2.05. The number of aliphatic imine (C=N–C) groups is 1. The van der Waals surface area contributed by atoms with Gasteiger partial charge in [-0.15, -0.1) is 0 Å². The van der Waals surface area contributed by atoms with Crippen molar-refractivity contribution in [2.45, 2.75) is 199 Å². The van der Waals surface area contributed by atoms with Gasteiger partial charge in [-0.25, -0.2) is 19.2 Å². The predicted octanol–water partition coefficient (Wildman–Crippen LogP) is 9.47. The third-order valence-electron chi connectivity index (χ3n) is 14.3. The van der Waals surface area contributed by atoms with Gasteiger partial charge in [-0.05, 0) is 102 Å². The van der Waals surface area contributed by atoms with Crippen LogP contribution in [0.3, 0.4) is 0 Å². The van der Waals surface area contributed by atoms with Gasteiger partial charge >= 0.3 is 24.4 Å². The largest absolute Gasteiger partial charge is 0.445 e. The van der Waals surface area contributed by atoms with E-state index < -0.39 is 71.9 Å². The van der Waals surface area contributed by atoms with Crippen LogP contribution in [0.25, 0.3) is 0 Å².